The molecule has 0 N–H and O–H groups in total. The number of aromatic nitrogens is 1. The van der Waals surface area contributed by atoms with E-state index in [-0.39, 0.29) is 11.4 Å². The molecular formula is C33H33NO4. The van der Waals surface area contributed by atoms with Crippen molar-refractivity contribution < 1.29 is 19.0 Å². The molecule has 0 aliphatic heterocycles. The molecule has 0 atom stereocenters. The molecule has 0 amide bonds. The first-order valence-electron chi connectivity index (χ1n) is 12.5. The molecule has 0 fully saturated rings. The first kappa shape index (κ1) is 26.7. The maximum Gasteiger partial charge on any atom is 0.338 e. The number of hydrogen-bond donors (Lipinski definition) is 0. The van der Waals surface area contributed by atoms with Gasteiger partial charge >= 0.3 is 5.97 Å². The normalized spacial score (nSPS) is 11.4. The third kappa shape index (κ3) is 6.12. The number of ether oxygens (including phenoxy) is 3. The summed E-state index contributed by atoms with van der Waals surface area (Å²) in [5, 5.41) is 0. The van der Waals surface area contributed by atoms with E-state index in [1.54, 1.807) is 19.4 Å². The van der Waals surface area contributed by atoms with Crippen LogP contribution in [0.5, 0.6) is 11.6 Å². The Morgan fingerprint density at radius 1 is 0.868 bits per heavy atom. The lowest BCUT2D eigenvalue weighted by molar-refractivity contribution is 0.0600. The van der Waals surface area contributed by atoms with Crippen molar-refractivity contribution in [1.82, 2.24) is 4.98 Å². The smallest absolute Gasteiger partial charge is 0.338 e. The van der Waals surface area contributed by atoms with Gasteiger partial charge in [-0.25, -0.2) is 9.78 Å². The highest BCUT2D eigenvalue weighted by molar-refractivity contribution is 5.95. The number of pyridine rings is 1. The van der Waals surface area contributed by atoms with E-state index < -0.39 is 0 Å². The predicted octanol–water partition coefficient (Wildman–Crippen LogP) is 7.59. The summed E-state index contributed by atoms with van der Waals surface area (Å²) < 4.78 is 17.1. The number of methoxy groups -OCH3 is 2. The largest absolute Gasteiger partial charge is 0.496 e. The molecule has 0 radical (unpaired) electrons. The topological polar surface area (TPSA) is 57.7 Å². The molecule has 4 aromatic rings. The second-order valence-electron chi connectivity index (χ2n) is 9.94. The highest BCUT2D eigenvalue weighted by atomic mass is 16.5. The molecule has 0 aliphatic rings. The Hall–Kier alpha value is -4.38. The molecule has 4 rings (SSSR count). The molecule has 5 heteroatoms. The van der Waals surface area contributed by atoms with Crippen LogP contribution in [0.2, 0.25) is 0 Å². The zero-order valence-electron chi connectivity index (χ0n) is 22.5. The summed E-state index contributed by atoms with van der Waals surface area (Å²) in [5.74, 6) is 0.966. The first-order chi connectivity index (χ1) is 18.3. The lowest BCUT2D eigenvalue weighted by Crippen LogP contribution is -2.14. The Balaban J connectivity index is 1.81. The maximum atomic E-state index is 12.3. The SMILES string of the molecule is COC(=O)c1ccccc1/C=C/c1cc(-c2cccnc2OCc2ccccc2)cc(C(C)(C)C)c1OC. The fourth-order valence-electron chi connectivity index (χ4n) is 4.28. The van der Waals surface area contributed by atoms with Crippen LogP contribution in [0.3, 0.4) is 0 Å². The van der Waals surface area contributed by atoms with E-state index in [1.807, 2.05) is 72.8 Å². The molecule has 0 unspecified atom stereocenters. The van der Waals surface area contributed by atoms with Crippen molar-refractivity contribution in [2.45, 2.75) is 32.8 Å². The summed E-state index contributed by atoms with van der Waals surface area (Å²) in [6.45, 7) is 6.89. The Labute approximate surface area is 224 Å². The molecule has 0 aliphatic carbocycles. The Kier molecular flexibility index (Phi) is 8.27. The number of carbonyl (C=O) groups excluding carboxylic acids is 1. The van der Waals surface area contributed by atoms with Gasteiger partial charge in [-0.05, 0) is 52.4 Å². The van der Waals surface area contributed by atoms with E-state index in [0.717, 1.165) is 39.1 Å². The molecule has 1 heterocycles. The number of benzene rings is 3. The Morgan fingerprint density at radius 3 is 2.29 bits per heavy atom. The third-order valence-corrected chi connectivity index (χ3v) is 6.24. The van der Waals surface area contributed by atoms with Crippen LogP contribution >= 0.6 is 0 Å². The fourth-order valence-corrected chi connectivity index (χ4v) is 4.28. The van der Waals surface area contributed by atoms with Crippen LogP contribution in [-0.4, -0.2) is 25.2 Å². The van der Waals surface area contributed by atoms with Crippen molar-refractivity contribution in [3.8, 4) is 22.8 Å². The Bertz CT molecular complexity index is 1440. The zero-order valence-corrected chi connectivity index (χ0v) is 22.5. The van der Waals surface area contributed by atoms with E-state index in [4.69, 9.17) is 14.2 Å². The van der Waals surface area contributed by atoms with Gasteiger partial charge in [-0.1, -0.05) is 81.5 Å². The Morgan fingerprint density at radius 2 is 1.58 bits per heavy atom. The second-order valence-corrected chi connectivity index (χ2v) is 9.94. The van der Waals surface area contributed by atoms with E-state index >= 15 is 0 Å². The van der Waals surface area contributed by atoms with Crippen molar-refractivity contribution in [2.75, 3.05) is 14.2 Å². The van der Waals surface area contributed by atoms with Crippen molar-refractivity contribution in [3.63, 3.8) is 0 Å². The van der Waals surface area contributed by atoms with Gasteiger partial charge in [0, 0.05) is 22.9 Å². The lowest BCUT2D eigenvalue weighted by atomic mass is 9.83. The number of nitrogens with zero attached hydrogens (tertiary/aromatic N) is 1. The van der Waals surface area contributed by atoms with Crippen LogP contribution in [0.15, 0.2) is 85.1 Å². The van der Waals surface area contributed by atoms with Crippen molar-refractivity contribution in [3.05, 3.63) is 113 Å². The molecule has 3 aromatic carbocycles. The van der Waals surface area contributed by atoms with E-state index in [0.29, 0.717) is 18.1 Å². The summed E-state index contributed by atoms with van der Waals surface area (Å²) >= 11 is 0. The van der Waals surface area contributed by atoms with Gasteiger partial charge in [0.25, 0.3) is 0 Å². The highest BCUT2D eigenvalue weighted by Gasteiger charge is 2.23. The van der Waals surface area contributed by atoms with Gasteiger partial charge in [0.05, 0.1) is 19.8 Å². The summed E-state index contributed by atoms with van der Waals surface area (Å²) in [7, 11) is 3.07. The van der Waals surface area contributed by atoms with Crippen LogP contribution in [0.25, 0.3) is 23.3 Å². The predicted molar refractivity (Wildman–Crippen MR) is 152 cm³/mol. The average molecular weight is 508 g/mol. The van der Waals surface area contributed by atoms with E-state index in [2.05, 4.69) is 37.9 Å². The monoisotopic (exact) mass is 507 g/mol. The lowest BCUT2D eigenvalue weighted by Gasteiger charge is -2.25. The molecule has 5 nitrogen and oxygen atoms in total. The summed E-state index contributed by atoms with van der Waals surface area (Å²) in [6, 6.07) is 25.5. The van der Waals surface area contributed by atoms with Crippen molar-refractivity contribution in [1.29, 1.82) is 0 Å². The van der Waals surface area contributed by atoms with Crippen LogP contribution in [-0.2, 0) is 16.8 Å². The minimum atomic E-state index is -0.378. The summed E-state index contributed by atoms with van der Waals surface area (Å²) in [5.41, 5.74) is 5.93. The molecule has 0 saturated heterocycles. The average Bonchev–Trinajstić information content (AvgIpc) is 2.94. The van der Waals surface area contributed by atoms with Gasteiger partial charge in [0.2, 0.25) is 5.88 Å². The minimum Gasteiger partial charge on any atom is -0.496 e. The molecule has 194 valence electrons. The zero-order chi connectivity index (χ0) is 27.1. The number of carbonyl (C=O) groups is 1. The fraction of sp³-hybridized carbons (Fsp3) is 0.212. The van der Waals surface area contributed by atoms with Crippen molar-refractivity contribution in [2.24, 2.45) is 0 Å². The van der Waals surface area contributed by atoms with Crippen LogP contribution in [0, 0.1) is 0 Å². The van der Waals surface area contributed by atoms with E-state index in [9.17, 15) is 4.79 Å². The van der Waals surface area contributed by atoms with Crippen LogP contribution in [0.1, 0.15) is 53.4 Å². The van der Waals surface area contributed by atoms with Gasteiger partial charge in [-0.2, -0.15) is 0 Å². The third-order valence-electron chi connectivity index (χ3n) is 6.24. The van der Waals surface area contributed by atoms with Gasteiger partial charge in [-0.15, -0.1) is 0 Å². The molecule has 1 aromatic heterocycles. The maximum absolute atomic E-state index is 12.3. The minimum absolute atomic E-state index is 0.193. The standard InChI is InChI=1S/C33H33NO4/c1-33(2,3)29-21-26(27-16-11-19-34-31(27)38-22-23-12-7-6-8-13-23)20-25(30(29)36-4)18-17-24-14-9-10-15-28(24)32(35)37-5/h6-21H,22H2,1-5H3/b18-17+. The van der Waals surface area contributed by atoms with Crippen LogP contribution < -0.4 is 9.47 Å². The summed E-state index contributed by atoms with van der Waals surface area (Å²) in [6.07, 6.45) is 5.62. The molecule has 0 spiro atoms. The number of rotatable bonds is 8. The number of esters is 1. The first-order valence-corrected chi connectivity index (χ1v) is 12.5. The van der Waals surface area contributed by atoms with Gasteiger partial charge in [0.15, 0.2) is 0 Å². The van der Waals surface area contributed by atoms with Gasteiger partial charge in [-0.3, -0.25) is 0 Å². The van der Waals surface area contributed by atoms with Crippen molar-refractivity contribution >= 4 is 18.1 Å². The summed E-state index contributed by atoms with van der Waals surface area (Å²) in [4.78, 5) is 16.8. The molecule has 38 heavy (non-hydrogen) atoms. The molecule has 0 saturated carbocycles. The number of hydrogen-bond acceptors (Lipinski definition) is 5. The molecular weight excluding hydrogens is 474 g/mol. The van der Waals surface area contributed by atoms with Crippen LogP contribution in [0.4, 0.5) is 0 Å². The van der Waals surface area contributed by atoms with E-state index in [1.165, 1.54) is 7.11 Å². The molecule has 0 bridgehead atoms. The second kappa shape index (κ2) is 11.8. The quantitative estimate of drug-likeness (QED) is 0.182. The van der Waals surface area contributed by atoms with Gasteiger partial charge in [0.1, 0.15) is 12.4 Å². The van der Waals surface area contributed by atoms with Gasteiger partial charge < -0.3 is 14.2 Å². The highest BCUT2D eigenvalue weighted by Crippen LogP contribution is 2.40.